The lowest BCUT2D eigenvalue weighted by molar-refractivity contribution is -0.117. The predicted octanol–water partition coefficient (Wildman–Crippen LogP) is 2.42. The number of nitrogens with two attached hydrogens (primary N) is 1. The molecule has 1 atom stereocenters. The monoisotopic (exact) mass is 230 g/mol. The SMILES string of the molecule is C=CC1CC(=O)N(c2cc(C)c(C)cc2N)C1. The summed E-state index contributed by atoms with van der Waals surface area (Å²) in [6.45, 7) is 8.49. The van der Waals surface area contributed by atoms with Crippen molar-refractivity contribution < 1.29 is 4.79 Å². The van der Waals surface area contributed by atoms with Crippen LogP contribution in [0, 0.1) is 19.8 Å². The van der Waals surface area contributed by atoms with Crippen LogP contribution >= 0.6 is 0 Å². The quantitative estimate of drug-likeness (QED) is 0.626. The van der Waals surface area contributed by atoms with Gasteiger partial charge in [-0.25, -0.2) is 0 Å². The van der Waals surface area contributed by atoms with Gasteiger partial charge in [0.1, 0.15) is 0 Å². The molecule has 2 rings (SSSR count). The summed E-state index contributed by atoms with van der Waals surface area (Å²) >= 11 is 0. The molecule has 1 aromatic rings. The zero-order valence-electron chi connectivity index (χ0n) is 10.4. The first-order chi connectivity index (χ1) is 8.02. The van der Waals surface area contributed by atoms with Gasteiger partial charge in [-0.3, -0.25) is 4.79 Å². The van der Waals surface area contributed by atoms with Gasteiger partial charge in [-0.1, -0.05) is 6.08 Å². The van der Waals surface area contributed by atoms with Crippen LogP contribution in [-0.2, 0) is 4.79 Å². The third-order valence-electron chi connectivity index (χ3n) is 3.42. The molecule has 0 spiro atoms. The molecule has 90 valence electrons. The summed E-state index contributed by atoms with van der Waals surface area (Å²) in [5.41, 5.74) is 9.82. The maximum absolute atomic E-state index is 11.9. The van der Waals surface area contributed by atoms with Gasteiger partial charge >= 0.3 is 0 Å². The Labute approximate surface area is 102 Å². The normalized spacial score (nSPS) is 19.8. The number of hydrogen-bond donors (Lipinski definition) is 1. The Bertz CT molecular complexity index is 479. The molecule has 0 saturated carbocycles. The van der Waals surface area contributed by atoms with E-state index in [1.54, 1.807) is 4.90 Å². The van der Waals surface area contributed by atoms with Crippen LogP contribution in [0.3, 0.4) is 0 Å². The molecular formula is C14H18N2O. The predicted molar refractivity (Wildman–Crippen MR) is 71.0 cm³/mol. The van der Waals surface area contributed by atoms with Gasteiger partial charge in [-0.2, -0.15) is 0 Å². The van der Waals surface area contributed by atoms with Gasteiger partial charge < -0.3 is 10.6 Å². The van der Waals surface area contributed by atoms with Crippen LogP contribution in [0.1, 0.15) is 17.5 Å². The molecule has 1 aliphatic rings. The highest BCUT2D eigenvalue weighted by molar-refractivity contribution is 5.98. The maximum Gasteiger partial charge on any atom is 0.227 e. The van der Waals surface area contributed by atoms with E-state index in [1.807, 2.05) is 32.1 Å². The molecular weight excluding hydrogens is 212 g/mol. The minimum Gasteiger partial charge on any atom is -0.397 e. The second-order valence-corrected chi connectivity index (χ2v) is 4.70. The smallest absolute Gasteiger partial charge is 0.227 e. The van der Waals surface area contributed by atoms with Crippen molar-refractivity contribution in [1.82, 2.24) is 0 Å². The zero-order chi connectivity index (χ0) is 12.6. The minimum atomic E-state index is 0.129. The van der Waals surface area contributed by atoms with Crippen molar-refractivity contribution in [2.45, 2.75) is 20.3 Å². The Kier molecular flexibility index (Phi) is 2.92. The third-order valence-corrected chi connectivity index (χ3v) is 3.42. The number of hydrogen-bond acceptors (Lipinski definition) is 2. The molecule has 1 unspecified atom stereocenters. The Balaban J connectivity index is 2.38. The highest BCUT2D eigenvalue weighted by atomic mass is 16.2. The zero-order valence-corrected chi connectivity index (χ0v) is 10.4. The van der Waals surface area contributed by atoms with Crippen molar-refractivity contribution in [3.8, 4) is 0 Å². The van der Waals surface area contributed by atoms with E-state index in [2.05, 4.69) is 6.58 Å². The number of rotatable bonds is 2. The summed E-state index contributed by atoms with van der Waals surface area (Å²) in [5.74, 6) is 0.369. The fraction of sp³-hybridized carbons (Fsp3) is 0.357. The molecule has 0 radical (unpaired) electrons. The van der Waals surface area contributed by atoms with Gasteiger partial charge in [0.15, 0.2) is 0 Å². The van der Waals surface area contributed by atoms with Crippen molar-refractivity contribution in [3.63, 3.8) is 0 Å². The van der Waals surface area contributed by atoms with E-state index in [0.717, 1.165) is 16.8 Å². The van der Waals surface area contributed by atoms with Crippen LogP contribution in [0.4, 0.5) is 11.4 Å². The molecule has 0 aliphatic carbocycles. The van der Waals surface area contributed by atoms with Crippen LogP contribution in [0.15, 0.2) is 24.8 Å². The standard InChI is InChI=1S/C14H18N2O/c1-4-11-7-14(17)16(8-11)13-6-10(3)9(2)5-12(13)15/h4-6,11H,1,7-8,15H2,2-3H3. The molecule has 1 aromatic carbocycles. The van der Waals surface area contributed by atoms with Crippen molar-refractivity contribution in [1.29, 1.82) is 0 Å². The largest absolute Gasteiger partial charge is 0.397 e. The van der Waals surface area contributed by atoms with Gasteiger partial charge in [0.2, 0.25) is 5.91 Å². The summed E-state index contributed by atoms with van der Waals surface area (Å²) in [5, 5.41) is 0. The molecule has 2 N–H and O–H groups in total. The van der Waals surface area contributed by atoms with E-state index in [9.17, 15) is 4.79 Å². The third kappa shape index (κ3) is 2.05. The van der Waals surface area contributed by atoms with Crippen LogP contribution in [0.5, 0.6) is 0 Å². The van der Waals surface area contributed by atoms with Crippen LogP contribution in [0.2, 0.25) is 0 Å². The minimum absolute atomic E-state index is 0.129. The number of benzene rings is 1. The molecule has 0 bridgehead atoms. The molecule has 1 heterocycles. The lowest BCUT2D eigenvalue weighted by Crippen LogP contribution is -2.25. The molecule has 3 heteroatoms. The first-order valence-electron chi connectivity index (χ1n) is 5.82. The summed E-state index contributed by atoms with van der Waals surface area (Å²) < 4.78 is 0. The summed E-state index contributed by atoms with van der Waals surface area (Å²) in [4.78, 5) is 13.7. The molecule has 1 amide bonds. The molecule has 1 fully saturated rings. The van der Waals surface area contributed by atoms with E-state index >= 15 is 0 Å². The van der Waals surface area contributed by atoms with E-state index in [0.29, 0.717) is 18.7 Å². The van der Waals surface area contributed by atoms with Gasteiger partial charge in [0.05, 0.1) is 11.4 Å². The van der Waals surface area contributed by atoms with E-state index in [4.69, 9.17) is 5.73 Å². The second-order valence-electron chi connectivity index (χ2n) is 4.70. The number of anilines is 2. The fourth-order valence-corrected chi connectivity index (χ4v) is 2.18. The molecule has 1 aliphatic heterocycles. The number of amides is 1. The van der Waals surface area contributed by atoms with Gasteiger partial charge in [-0.05, 0) is 37.1 Å². The van der Waals surface area contributed by atoms with Crippen molar-refractivity contribution in [3.05, 3.63) is 35.9 Å². The van der Waals surface area contributed by atoms with Crippen LogP contribution in [-0.4, -0.2) is 12.5 Å². The Morgan fingerprint density at radius 2 is 2.06 bits per heavy atom. The molecule has 1 saturated heterocycles. The average Bonchev–Trinajstić information content (AvgIpc) is 2.65. The molecule has 17 heavy (non-hydrogen) atoms. The lowest BCUT2D eigenvalue weighted by atomic mass is 10.1. The second kappa shape index (κ2) is 4.24. The first-order valence-corrected chi connectivity index (χ1v) is 5.82. The maximum atomic E-state index is 11.9. The Hall–Kier alpha value is -1.77. The van der Waals surface area contributed by atoms with Crippen molar-refractivity contribution >= 4 is 17.3 Å². The van der Waals surface area contributed by atoms with Crippen molar-refractivity contribution in [2.75, 3.05) is 17.2 Å². The van der Waals surface area contributed by atoms with E-state index < -0.39 is 0 Å². The number of carbonyl (C=O) groups is 1. The molecule has 0 aromatic heterocycles. The average molecular weight is 230 g/mol. The Morgan fingerprint density at radius 3 is 2.65 bits per heavy atom. The number of aryl methyl sites for hydroxylation is 2. The lowest BCUT2D eigenvalue weighted by Gasteiger charge is -2.20. The van der Waals surface area contributed by atoms with Crippen LogP contribution in [0.25, 0.3) is 0 Å². The summed E-state index contributed by atoms with van der Waals surface area (Å²) in [6.07, 6.45) is 2.38. The number of nitrogen functional groups attached to an aromatic ring is 1. The fourth-order valence-electron chi connectivity index (χ4n) is 2.18. The Morgan fingerprint density at radius 1 is 1.41 bits per heavy atom. The molecule has 3 nitrogen and oxygen atoms in total. The first kappa shape index (κ1) is 11.7. The number of nitrogens with zero attached hydrogens (tertiary/aromatic N) is 1. The number of carbonyl (C=O) groups excluding carboxylic acids is 1. The van der Waals surface area contributed by atoms with Crippen LogP contribution < -0.4 is 10.6 Å². The highest BCUT2D eigenvalue weighted by Crippen LogP contribution is 2.32. The highest BCUT2D eigenvalue weighted by Gasteiger charge is 2.29. The van der Waals surface area contributed by atoms with E-state index in [-0.39, 0.29) is 11.8 Å². The summed E-state index contributed by atoms with van der Waals surface area (Å²) in [7, 11) is 0. The van der Waals surface area contributed by atoms with Gasteiger partial charge in [0, 0.05) is 18.9 Å². The summed E-state index contributed by atoms with van der Waals surface area (Å²) in [6, 6.07) is 3.92. The van der Waals surface area contributed by atoms with Gasteiger partial charge in [-0.15, -0.1) is 6.58 Å². The van der Waals surface area contributed by atoms with E-state index in [1.165, 1.54) is 0 Å². The van der Waals surface area contributed by atoms with Gasteiger partial charge in [0.25, 0.3) is 0 Å². The van der Waals surface area contributed by atoms with Crippen molar-refractivity contribution in [2.24, 2.45) is 5.92 Å². The topological polar surface area (TPSA) is 46.3 Å².